The van der Waals surface area contributed by atoms with Crippen LogP contribution in [0.1, 0.15) is 31.7 Å². The highest BCUT2D eigenvalue weighted by Crippen LogP contribution is 2.32. The molecule has 0 bridgehead atoms. The number of hydrogen-bond acceptors (Lipinski definition) is 1. The fourth-order valence-electron chi connectivity index (χ4n) is 2.69. The topological polar surface area (TPSA) is 26.0 Å². The van der Waals surface area contributed by atoms with Crippen molar-refractivity contribution in [3.63, 3.8) is 0 Å². The Balaban J connectivity index is 1.90. The van der Waals surface area contributed by atoms with Gasteiger partial charge in [-0.1, -0.05) is 43.7 Å². The molecule has 1 nitrogen and oxygen atoms in total. The smallest absolute Gasteiger partial charge is 0.0108 e. The van der Waals surface area contributed by atoms with Gasteiger partial charge in [-0.2, -0.15) is 0 Å². The van der Waals surface area contributed by atoms with Gasteiger partial charge in [0.15, 0.2) is 0 Å². The SMILES string of the molecule is CC1CCC(C(N)Cc2ccccc2)C1. The Hall–Kier alpha value is -0.820. The minimum absolute atomic E-state index is 0.359. The summed E-state index contributed by atoms with van der Waals surface area (Å²) >= 11 is 0. The minimum atomic E-state index is 0.359. The van der Waals surface area contributed by atoms with Crippen LogP contribution in [0.4, 0.5) is 0 Å². The van der Waals surface area contributed by atoms with E-state index in [9.17, 15) is 0 Å². The standard InChI is InChI=1S/C14H21N/c1-11-7-8-13(9-11)14(15)10-12-5-3-2-4-6-12/h2-6,11,13-14H,7-10,15H2,1H3. The summed E-state index contributed by atoms with van der Waals surface area (Å²) in [5.74, 6) is 1.64. The number of benzene rings is 1. The van der Waals surface area contributed by atoms with Crippen LogP contribution in [0.2, 0.25) is 0 Å². The quantitative estimate of drug-likeness (QED) is 0.803. The van der Waals surface area contributed by atoms with Crippen molar-refractivity contribution in [2.75, 3.05) is 0 Å². The van der Waals surface area contributed by atoms with Crippen molar-refractivity contribution in [3.05, 3.63) is 35.9 Å². The fourth-order valence-corrected chi connectivity index (χ4v) is 2.69. The van der Waals surface area contributed by atoms with Crippen molar-refractivity contribution in [2.45, 2.75) is 38.6 Å². The third-order valence-corrected chi connectivity index (χ3v) is 3.66. The lowest BCUT2D eigenvalue weighted by atomic mass is 9.92. The summed E-state index contributed by atoms with van der Waals surface area (Å²) in [5, 5.41) is 0. The third kappa shape index (κ3) is 2.82. The molecule has 15 heavy (non-hydrogen) atoms. The normalized spacial score (nSPS) is 27.9. The van der Waals surface area contributed by atoms with Crippen LogP contribution >= 0.6 is 0 Å². The molecular formula is C14H21N. The zero-order valence-electron chi connectivity index (χ0n) is 9.52. The van der Waals surface area contributed by atoms with E-state index in [4.69, 9.17) is 5.73 Å². The molecule has 1 aromatic rings. The van der Waals surface area contributed by atoms with Crippen molar-refractivity contribution >= 4 is 0 Å². The van der Waals surface area contributed by atoms with E-state index < -0.39 is 0 Å². The zero-order chi connectivity index (χ0) is 10.7. The summed E-state index contributed by atoms with van der Waals surface area (Å²) in [6.07, 6.45) is 5.06. The Morgan fingerprint density at radius 1 is 1.27 bits per heavy atom. The van der Waals surface area contributed by atoms with Crippen molar-refractivity contribution in [2.24, 2.45) is 17.6 Å². The number of rotatable bonds is 3. The minimum Gasteiger partial charge on any atom is -0.327 e. The first-order valence-electron chi connectivity index (χ1n) is 6.05. The Morgan fingerprint density at radius 2 is 2.00 bits per heavy atom. The van der Waals surface area contributed by atoms with Crippen LogP contribution in [0.15, 0.2) is 30.3 Å². The summed E-state index contributed by atoms with van der Waals surface area (Å²) in [6.45, 7) is 2.34. The second-order valence-electron chi connectivity index (χ2n) is 5.03. The molecule has 3 atom stereocenters. The highest BCUT2D eigenvalue weighted by atomic mass is 14.7. The van der Waals surface area contributed by atoms with Crippen LogP contribution in [0.5, 0.6) is 0 Å². The van der Waals surface area contributed by atoms with Gasteiger partial charge >= 0.3 is 0 Å². The van der Waals surface area contributed by atoms with Crippen molar-refractivity contribution in [3.8, 4) is 0 Å². The van der Waals surface area contributed by atoms with Gasteiger partial charge in [0.25, 0.3) is 0 Å². The van der Waals surface area contributed by atoms with Gasteiger partial charge < -0.3 is 5.73 Å². The van der Waals surface area contributed by atoms with Crippen molar-refractivity contribution < 1.29 is 0 Å². The molecule has 0 amide bonds. The van der Waals surface area contributed by atoms with E-state index in [2.05, 4.69) is 37.3 Å². The molecule has 1 aromatic carbocycles. The maximum atomic E-state index is 6.27. The highest BCUT2D eigenvalue weighted by Gasteiger charge is 2.26. The zero-order valence-corrected chi connectivity index (χ0v) is 9.52. The first-order valence-corrected chi connectivity index (χ1v) is 6.05. The monoisotopic (exact) mass is 203 g/mol. The molecule has 82 valence electrons. The first-order chi connectivity index (χ1) is 7.25. The lowest BCUT2D eigenvalue weighted by molar-refractivity contribution is 0.415. The lowest BCUT2D eigenvalue weighted by Crippen LogP contribution is -2.30. The van der Waals surface area contributed by atoms with Gasteiger partial charge in [0, 0.05) is 6.04 Å². The average molecular weight is 203 g/mol. The van der Waals surface area contributed by atoms with Crippen LogP contribution in [-0.2, 0) is 6.42 Å². The summed E-state index contributed by atoms with van der Waals surface area (Å²) in [6, 6.07) is 11.0. The van der Waals surface area contributed by atoms with Crippen molar-refractivity contribution in [1.82, 2.24) is 0 Å². The Kier molecular flexibility index (Phi) is 3.42. The molecule has 0 radical (unpaired) electrons. The second kappa shape index (κ2) is 4.80. The van der Waals surface area contributed by atoms with Crippen LogP contribution in [0.3, 0.4) is 0 Å². The predicted molar refractivity (Wildman–Crippen MR) is 64.6 cm³/mol. The molecule has 1 saturated carbocycles. The molecule has 3 unspecified atom stereocenters. The molecule has 2 N–H and O–H groups in total. The van der Waals surface area contributed by atoms with Gasteiger partial charge in [0.1, 0.15) is 0 Å². The van der Waals surface area contributed by atoms with E-state index in [1.54, 1.807) is 0 Å². The van der Waals surface area contributed by atoms with Gasteiger partial charge in [0.05, 0.1) is 0 Å². The first kappa shape index (κ1) is 10.7. The van der Waals surface area contributed by atoms with Gasteiger partial charge in [-0.05, 0) is 36.7 Å². The second-order valence-corrected chi connectivity index (χ2v) is 5.03. The molecule has 0 spiro atoms. The summed E-state index contributed by atoms with van der Waals surface area (Å²) in [7, 11) is 0. The van der Waals surface area contributed by atoms with Gasteiger partial charge in [-0.25, -0.2) is 0 Å². The molecule has 0 aliphatic heterocycles. The molecule has 0 aromatic heterocycles. The van der Waals surface area contributed by atoms with E-state index in [-0.39, 0.29) is 0 Å². The van der Waals surface area contributed by atoms with Gasteiger partial charge in [0.2, 0.25) is 0 Å². The summed E-state index contributed by atoms with van der Waals surface area (Å²) in [4.78, 5) is 0. The summed E-state index contributed by atoms with van der Waals surface area (Å²) in [5.41, 5.74) is 7.65. The molecule has 1 fully saturated rings. The molecule has 0 heterocycles. The molecule has 1 aliphatic carbocycles. The van der Waals surface area contributed by atoms with Crippen LogP contribution in [-0.4, -0.2) is 6.04 Å². The fraction of sp³-hybridized carbons (Fsp3) is 0.571. The highest BCUT2D eigenvalue weighted by molar-refractivity contribution is 5.16. The largest absolute Gasteiger partial charge is 0.327 e. The number of nitrogens with two attached hydrogens (primary N) is 1. The van der Waals surface area contributed by atoms with E-state index in [0.29, 0.717) is 6.04 Å². The molecule has 1 heteroatoms. The molecule has 2 rings (SSSR count). The van der Waals surface area contributed by atoms with Gasteiger partial charge in [-0.15, -0.1) is 0 Å². The predicted octanol–water partition coefficient (Wildman–Crippen LogP) is 2.99. The summed E-state index contributed by atoms with van der Waals surface area (Å²) < 4.78 is 0. The van der Waals surface area contributed by atoms with E-state index >= 15 is 0 Å². The molecule has 0 saturated heterocycles. The Bertz CT molecular complexity index is 293. The molecule has 1 aliphatic rings. The van der Waals surface area contributed by atoms with Crippen LogP contribution in [0.25, 0.3) is 0 Å². The maximum Gasteiger partial charge on any atom is 0.0108 e. The lowest BCUT2D eigenvalue weighted by Gasteiger charge is -2.19. The van der Waals surface area contributed by atoms with Crippen LogP contribution < -0.4 is 5.73 Å². The Labute approximate surface area is 92.7 Å². The molecular weight excluding hydrogens is 182 g/mol. The number of hydrogen-bond donors (Lipinski definition) is 1. The van der Waals surface area contributed by atoms with Crippen LogP contribution in [0, 0.1) is 11.8 Å². The Morgan fingerprint density at radius 3 is 2.60 bits per heavy atom. The average Bonchev–Trinajstić information content (AvgIpc) is 2.66. The van der Waals surface area contributed by atoms with E-state index in [1.807, 2.05) is 0 Å². The van der Waals surface area contributed by atoms with Gasteiger partial charge in [-0.3, -0.25) is 0 Å². The maximum absolute atomic E-state index is 6.27. The van der Waals surface area contributed by atoms with Crippen molar-refractivity contribution in [1.29, 1.82) is 0 Å². The third-order valence-electron chi connectivity index (χ3n) is 3.66. The van der Waals surface area contributed by atoms with E-state index in [1.165, 1.54) is 24.8 Å². The van der Waals surface area contributed by atoms with E-state index in [0.717, 1.165) is 18.3 Å².